The van der Waals surface area contributed by atoms with Gasteiger partial charge in [0.25, 0.3) is 10.0 Å². The first-order valence-electron chi connectivity index (χ1n) is 9.62. The van der Waals surface area contributed by atoms with Gasteiger partial charge in [-0.1, -0.05) is 67.1 Å². The summed E-state index contributed by atoms with van der Waals surface area (Å²) in [6.45, 7) is 6.18. The van der Waals surface area contributed by atoms with Gasteiger partial charge in [0.05, 0.1) is 16.1 Å². The van der Waals surface area contributed by atoms with Crippen LogP contribution in [0.25, 0.3) is 0 Å². The second kappa shape index (κ2) is 6.89. The van der Waals surface area contributed by atoms with Crippen LogP contribution in [0.1, 0.15) is 38.3 Å². The number of nitrogens with zero attached hydrogens (tertiary/aromatic N) is 1. The van der Waals surface area contributed by atoms with Gasteiger partial charge in [-0.2, -0.15) is 0 Å². The van der Waals surface area contributed by atoms with Gasteiger partial charge in [0.2, 0.25) is 0 Å². The summed E-state index contributed by atoms with van der Waals surface area (Å²) in [4.78, 5) is 0.304. The van der Waals surface area contributed by atoms with Crippen molar-refractivity contribution >= 4 is 27.3 Å². The van der Waals surface area contributed by atoms with E-state index in [-0.39, 0.29) is 5.41 Å². The van der Waals surface area contributed by atoms with E-state index in [1.54, 1.807) is 28.6 Å². The van der Waals surface area contributed by atoms with Crippen LogP contribution in [0, 0.1) is 0 Å². The first-order valence-corrected chi connectivity index (χ1v) is 11.4. The van der Waals surface area contributed by atoms with Crippen molar-refractivity contribution in [3.8, 4) is 0 Å². The lowest BCUT2D eigenvalue weighted by atomic mass is 9.66. The molecule has 0 fully saturated rings. The maximum atomic E-state index is 13.7. The van der Waals surface area contributed by atoms with Gasteiger partial charge in [-0.15, -0.1) is 0 Å². The number of fused-ring (bicyclic) bond motifs is 1. The molecule has 5 heteroatoms. The monoisotopic (exact) mass is 425 g/mol. The summed E-state index contributed by atoms with van der Waals surface area (Å²) in [5.41, 5.74) is 1.88. The SMILES string of the molecule is CC1(C)C[C@](C)(c2ccc(Cl)cc2)c2ccccc2N1S(=O)(=O)c1ccccc1. The molecule has 0 N–H and O–H groups in total. The second-order valence-corrected chi connectivity index (χ2v) is 10.7. The van der Waals surface area contributed by atoms with Crippen LogP contribution in [-0.2, 0) is 15.4 Å². The van der Waals surface area contributed by atoms with Crippen LogP contribution in [0.3, 0.4) is 0 Å². The first kappa shape index (κ1) is 20.0. The molecule has 3 aromatic rings. The molecule has 1 aliphatic rings. The molecule has 0 aromatic heterocycles. The molecule has 1 aliphatic heterocycles. The van der Waals surface area contributed by atoms with E-state index in [2.05, 4.69) is 6.92 Å². The summed E-state index contributed by atoms with van der Waals surface area (Å²) in [5.74, 6) is 0. The number of anilines is 1. The van der Waals surface area contributed by atoms with Crippen molar-refractivity contribution in [2.24, 2.45) is 0 Å². The molecule has 1 atom stereocenters. The van der Waals surface area contributed by atoms with Gasteiger partial charge >= 0.3 is 0 Å². The van der Waals surface area contributed by atoms with E-state index in [0.717, 1.165) is 16.8 Å². The Bertz CT molecular complexity index is 1140. The van der Waals surface area contributed by atoms with Gasteiger partial charge in [0.15, 0.2) is 0 Å². The van der Waals surface area contributed by atoms with Crippen molar-refractivity contribution in [2.45, 2.75) is 43.0 Å². The fourth-order valence-electron chi connectivity index (χ4n) is 4.70. The van der Waals surface area contributed by atoms with Crippen LogP contribution in [-0.4, -0.2) is 14.0 Å². The van der Waals surface area contributed by atoms with Crippen LogP contribution in [0.5, 0.6) is 0 Å². The number of hydrogen-bond donors (Lipinski definition) is 0. The summed E-state index contributed by atoms with van der Waals surface area (Å²) in [6, 6.07) is 24.3. The summed E-state index contributed by atoms with van der Waals surface area (Å²) in [7, 11) is -3.71. The van der Waals surface area contributed by atoms with E-state index in [1.807, 2.05) is 68.4 Å². The van der Waals surface area contributed by atoms with Crippen LogP contribution in [0.2, 0.25) is 5.02 Å². The number of halogens is 1. The Kier molecular flexibility index (Phi) is 4.75. The Balaban J connectivity index is 1.95. The molecule has 0 unspecified atom stereocenters. The lowest BCUT2D eigenvalue weighted by Crippen LogP contribution is -2.55. The minimum absolute atomic E-state index is 0.304. The predicted molar refractivity (Wildman–Crippen MR) is 119 cm³/mol. The van der Waals surface area contributed by atoms with Gasteiger partial charge in [0, 0.05) is 10.4 Å². The fraction of sp³-hybridized carbons (Fsp3) is 0.250. The van der Waals surface area contributed by atoms with E-state index in [0.29, 0.717) is 16.3 Å². The van der Waals surface area contributed by atoms with E-state index >= 15 is 0 Å². The zero-order chi connectivity index (χ0) is 20.9. The van der Waals surface area contributed by atoms with Gasteiger partial charge in [0.1, 0.15) is 0 Å². The van der Waals surface area contributed by atoms with Crippen molar-refractivity contribution in [3.63, 3.8) is 0 Å². The lowest BCUT2D eigenvalue weighted by molar-refractivity contribution is 0.351. The smallest absolute Gasteiger partial charge is 0.260 e. The van der Waals surface area contributed by atoms with Crippen molar-refractivity contribution in [1.82, 2.24) is 0 Å². The van der Waals surface area contributed by atoms with Crippen LogP contribution < -0.4 is 4.31 Å². The molecule has 0 saturated carbocycles. The normalized spacial score (nSPS) is 20.9. The molecular weight excluding hydrogens is 402 g/mol. The summed E-state index contributed by atoms with van der Waals surface area (Å²) < 4.78 is 28.9. The van der Waals surface area contributed by atoms with E-state index in [9.17, 15) is 8.42 Å². The van der Waals surface area contributed by atoms with E-state index in [4.69, 9.17) is 11.6 Å². The Morgan fingerprint density at radius 3 is 2.07 bits per heavy atom. The molecule has 150 valence electrons. The number of hydrogen-bond acceptors (Lipinski definition) is 2. The summed E-state index contributed by atoms with van der Waals surface area (Å²) in [5, 5.41) is 0.689. The Labute approximate surface area is 178 Å². The third kappa shape index (κ3) is 3.24. The molecule has 0 amide bonds. The van der Waals surface area contributed by atoms with E-state index in [1.165, 1.54) is 0 Å². The average molecular weight is 426 g/mol. The van der Waals surface area contributed by atoms with Crippen LogP contribution >= 0.6 is 11.6 Å². The third-order valence-corrected chi connectivity index (χ3v) is 8.11. The number of benzene rings is 3. The van der Waals surface area contributed by atoms with Crippen molar-refractivity contribution in [1.29, 1.82) is 0 Å². The highest BCUT2D eigenvalue weighted by molar-refractivity contribution is 7.93. The summed E-state index contributed by atoms with van der Waals surface area (Å²) >= 11 is 6.12. The Hall–Kier alpha value is -2.30. The standard InChI is InChI=1S/C24H24ClNO2S/c1-23(2)17-24(3,18-13-15-19(25)16-14-18)21-11-7-8-12-22(21)26(23)29(27,28)20-9-5-4-6-10-20/h4-16H,17H2,1-3H3/t24-/m1/s1. The fourth-order valence-corrected chi connectivity index (χ4v) is 6.67. The van der Waals surface area contributed by atoms with Crippen LogP contribution in [0.15, 0.2) is 83.8 Å². The predicted octanol–water partition coefficient (Wildman–Crippen LogP) is 6.02. The highest BCUT2D eigenvalue weighted by atomic mass is 35.5. The molecular formula is C24H24ClNO2S. The summed E-state index contributed by atoms with van der Waals surface area (Å²) in [6.07, 6.45) is 0.644. The second-order valence-electron chi connectivity index (χ2n) is 8.43. The minimum atomic E-state index is -3.71. The van der Waals surface area contributed by atoms with Crippen molar-refractivity contribution in [2.75, 3.05) is 4.31 Å². The highest BCUT2D eigenvalue weighted by Crippen LogP contribution is 2.52. The quantitative estimate of drug-likeness (QED) is 0.514. The molecule has 0 saturated heterocycles. The van der Waals surface area contributed by atoms with E-state index < -0.39 is 15.6 Å². The third-order valence-electron chi connectivity index (χ3n) is 5.82. The van der Waals surface area contributed by atoms with Gasteiger partial charge in [-0.3, -0.25) is 4.31 Å². The maximum Gasteiger partial charge on any atom is 0.264 e. The molecule has 1 heterocycles. The average Bonchev–Trinajstić information content (AvgIpc) is 2.68. The van der Waals surface area contributed by atoms with Gasteiger partial charge in [-0.05, 0) is 61.7 Å². The molecule has 3 aromatic carbocycles. The zero-order valence-corrected chi connectivity index (χ0v) is 18.3. The topological polar surface area (TPSA) is 37.4 Å². The first-order chi connectivity index (χ1) is 13.7. The lowest BCUT2D eigenvalue weighted by Gasteiger charge is -2.51. The molecule has 29 heavy (non-hydrogen) atoms. The number of para-hydroxylation sites is 1. The molecule has 0 bridgehead atoms. The molecule has 4 rings (SSSR count). The molecule has 3 nitrogen and oxygen atoms in total. The van der Waals surface area contributed by atoms with Crippen molar-refractivity contribution < 1.29 is 8.42 Å². The minimum Gasteiger partial charge on any atom is -0.260 e. The van der Waals surface area contributed by atoms with Gasteiger partial charge < -0.3 is 0 Å². The molecule has 0 radical (unpaired) electrons. The van der Waals surface area contributed by atoms with Crippen molar-refractivity contribution in [3.05, 3.63) is 95.0 Å². The zero-order valence-electron chi connectivity index (χ0n) is 16.8. The van der Waals surface area contributed by atoms with Gasteiger partial charge in [-0.25, -0.2) is 8.42 Å². The Morgan fingerprint density at radius 1 is 0.828 bits per heavy atom. The molecule has 0 spiro atoms. The largest absolute Gasteiger partial charge is 0.264 e. The number of sulfonamides is 1. The number of rotatable bonds is 3. The Morgan fingerprint density at radius 2 is 1.41 bits per heavy atom. The maximum absolute atomic E-state index is 13.7. The highest BCUT2D eigenvalue weighted by Gasteiger charge is 2.49. The van der Waals surface area contributed by atoms with Crippen LogP contribution in [0.4, 0.5) is 5.69 Å². The molecule has 0 aliphatic carbocycles.